The lowest BCUT2D eigenvalue weighted by Gasteiger charge is -2.13. The van der Waals surface area contributed by atoms with E-state index in [0.717, 1.165) is 32.3 Å². The molecule has 0 aliphatic carbocycles. The first-order valence-corrected chi connectivity index (χ1v) is 13.2. The van der Waals surface area contributed by atoms with Crippen LogP contribution in [-0.2, 0) is 4.74 Å². The summed E-state index contributed by atoms with van der Waals surface area (Å²) in [6.45, 7) is 4.09. The number of nitrogens with one attached hydrogen (secondary N) is 3. The number of unbranched alkanes of at least 4 members (excludes halogenated alkanes) is 3. The van der Waals surface area contributed by atoms with E-state index in [1.807, 2.05) is 0 Å². The Morgan fingerprint density at radius 2 is 1.86 bits per heavy atom. The van der Waals surface area contributed by atoms with Gasteiger partial charge in [0.1, 0.15) is 5.75 Å². The summed E-state index contributed by atoms with van der Waals surface area (Å²) in [5.41, 5.74) is 1.66. The van der Waals surface area contributed by atoms with E-state index in [2.05, 4.69) is 38.8 Å². The predicted octanol–water partition coefficient (Wildman–Crippen LogP) is 5.44. The van der Waals surface area contributed by atoms with Gasteiger partial charge < -0.3 is 20.1 Å². The Labute approximate surface area is 220 Å². The molecule has 1 unspecified atom stereocenters. The number of anilines is 1. The van der Waals surface area contributed by atoms with Gasteiger partial charge in [-0.15, -0.1) is 0 Å². The molecule has 0 radical (unpaired) electrons. The van der Waals surface area contributed by atoms with Gasteiger partial charge in [-0.25, -0.2) is 0 Å². The number of hydrogen-bond donors (Lipinski definition) is 3. The standard InChI is InChI=1S/C26H32BrN3O4S/c1-2-3-4-5-14-34-23-13-10-19(16-22(23)27)25(32)30-26(35)29-20-11-8-18(9-12-20)24(31)28-17-21-7-6-15-33-21/h8-13,16,21H,2-7,14-15,17H2,1H3,(H,28,31)(H2,29,30,32,35). The SMILES string of the molecule is CCCCCCOc1ccc(C(=O)NC(=S)Nc2ccc(C(=O)NCC3CCCO3)cc2)cc1Br. The van der Waals surface area contributed by atoms with Crippen LogP contribution in [0.4, 0.5) is 5.69 Å². The minimum Gasteiger partial charge on any atom is -0.492 e. The molecule has 35 heavy (non-hydrogen) atoms. The molecule has 188 valence electrons. The van der Waals surface area contributed by atoms with Crippen LogP contribution in [-0.4, -0.2) is 42.8 Å². The lowest BCUT2D eigenvalue weighted by Crippen LogP contribution is -2.34. The van der Waals surface area contributed by atoms with Crippen molar-refractivity contribution < 1.29 is 19.1 Å². The Morgan fingerprint density at radius 1 is 1.09 bits per heavy atom. The summed E-state index contributed by atoms with van der Waals surface area (Å²) in [6, 6.07) is 12.1. The average molecular weight is 563 g/mol. The molecule has 1 heterocycles. The lowest BCUT2D eigenvalue weighted by molar-refractivity contribution is 0.0857. The number of halogens is 1. The molecule has 1 saturated heterocycles. The number of rotatable bonds is 11. The van der Waals surface area contributed by atoms with Gasteiger partial charge in [-0.2, -0.15) is 0 Å². The molecule has 3 rings (SSSR count). The molecular weight excluding hydrogens is 530 g/mol. The van der Waals surface area contributed by atoms with Gasteiger partial charge in [-0.1, -0.05) is 26.2 Å². The minimum absolute atomic E-state index is 0.0979. The Kier molecular flexibility index (Phi) is 11.0. The van der Waals surface area contributed by atoms with E-state index < -0.39 is 0 Å². The summed E-state index contributed by atoms with van der Waals surface area (Å²) in [5.74, 6) is 0.225. The van der Waals surface area contributed by atoms with E-state index >= 15 is 0 Å². The van der Waals surface area contributed by atoms with Gasteiger partial charge in [0.2, 0.25) is 0 Å². The van der Waals surface area contributed by atoms with Gasteiger partial charge in [0.15, 0.2) is 5.11 Å². The minimum atomic E-state index is -0.331. The zero-order valence-corrected chi connectivity index (χ0v) is 22.3. The lowest BCUT2D eigenvalue weighted by atomic mass is 10.2. The maximum atomic E-state index is 12.6. The third-order valence-corrected chi connectivity index (χ3v) is 6.42. The van der Waals surface area contributed by atoms with Crippen LogP contribution in [0.1, 0.15) is 66.2 Å². The highest BCUT2D eigenvalue weighted by Crippen LogP contribution is 2.26. The van der Waals surface area contributed by atoms with Crippen molar-refractivity contribution in [1.29, 1.82) is 0 Å². The molecule has 2 aromatic carbocycles. The van der Waals surface area contributed by atoms with Crippen molar-refractivity contribution in [3.05, 3.63) is 58.1 Å². The summed E-state index contributed by atoms with van der Waals surface area (Å²) in [7, 11) is 0. The summed E-state index contributed by atoms with van der Waals surface area (Å²) >= 11 is 8.75. The smallest absolute Gasteiger partial charge is 0.257 e. The Hall–Kier alpha value is -2.49. The average Bonchev–Trinajstić information content (AvgIpc) is 3.37. The first-order chi connectivity index (χ1) is 17.0. The molecule has 7 nitrogen and oxygen atoms in total. The first-order valence-electron chi connectivity index (χ1n) is 12.0. The largest absolute Gasteiger partial charge is 0.492 e. The highest BCUT2D eigenvalue weighted by Gasteiger charge is 2.17. The molecule has 2 aromatic rings. The molecule has 1 aliphatic rings. The fraction of sp³-hybridized carbons (Fsp3) is 0.423. The van der Waals surface area contributed by atoms with E-state index in [1.165, 1.54) is 12.8 Å². The molecule has 1 atom stereocenters. The van der Waals surface area contributed by atoms with E-state index in [0.29, 0.717) is 40.2 Å². The van der Waals surface area contributed by atoms with Gasteiger partial charge in [-0.05, 0) is 89.9 Å². The predicted molar refractivity (Wildman–Crippen MR) is 145 cm³/mol. The van der Waals surface area contributed by atoms with Crippen LogP contribution < -0.4 is 20.7 Å². The van der Waals surface area contributed by atoms with Gasteiger partial charge in [0.05, 0.1) is 17.2 Å². The summed E-state index contributed by atoms with van der Waals surface area (Å²) < 4.78 is 12.0. The molecule has 1 aliphatic heterocycles. The molecule has 0 aromatic heterocycles. The van der Waals surface area contributed by atoms with Crippen molar-refractivity contribution >= 4 is 50.8 Å². The highest BCUT2D eigenvalue weighted by atomic mass is 79.9. The number of ether oxygens (including phenoxy) is 2. The maximum Gasteiger partial charge on any atom is 0.257 e. The second kappa shape index (κ2) is 14.2. The van der Waals surface area contributed by atoms with Crippen LogP contribution in [0.2, 0.25) is 0 Å². The van der Waals surface area contributed by atoms with Crippen molar-refractivity contribution in [2.45, 2.75) is 51.6 Å². The normalized spacial score (nSPS) is 14.9. The topological polar surface area (TPSA) is 88.7 Å². The Balaban J connectivity index is 1.44. The van der Waals surface area contributed by atoms with Gasteiger partial charge in [0, 0.05) is 30.0 Å². The van der Waals surface area contributed by atoms with Crippen molar-refractivity contribution in [2.24, 2.45) is 0 Å². The number of carbonyl (C=O) groups excluding carboxylic acids is 2. The number of benzene rings is 2. The van der Waals surface area contributed by atoms with Crippen LogP contribution in [0.5, 0.6) is 5.75 Å². The molecule has 0 saturated carbocycles. The molecule has 3 N–H and O–H groups in total. The molecule has 2 amide bonds. The van der Waals surface area contributed by atoms with Crippen LogP contribution in [0.15, 0.2) is 46.9 Å². The molecule has 1 fully saturated rings. The van der Waals surface area contributed by atoms with E-state index in [1.54, 1.807) is 42.5 Å². The number of carbonyl (C=O) groups is 2. The van der Waals surface area contributed by atoms with Crippen LogP contribution >= 0.6 is 28.1 Å². The summed E-state index contributed by atoms with van der Waals surface area (Å²) in [5, 5.41) is 8.70. The van der Waals surface area contributed by atoms with Crippen LogP contribution in [0.3, 0.4) is 0 Å². The summed E-state index contributed by atoms with van der Waals surface area (Å²) in [6.07, 6.45) is 6.64. The number of amides is 2. The van der Waals surface area contributed by atoms with Crippen molar-refractivity contribution in [2.75, 3.05) is 25.1 Å². The monoisotopic (exact) mass is 561 g/mol. The quantitative estimate of drug-likeness (QED) is 0.250. The number of hydrogen-bond acceptors (Lipinski definition) is 5. The van der Waals surface area contributed by atoms with Crippen molar-refractivity contribution in [1.82, 2.24) is 10.6 Å². The highest BCUT2D eigenvalue weighted by molar-refractivity contribution is 9.10. The van der Waals surface area contributed by atoms with Gasteiger partial charge in [0.25, 0.3) is 11.8 Å². The Bertz CT molecular complexity index is 1010. The molecular formula is C26H32BrN3O4S. The van der Waals surface area contributed by atoms with Gasteiger partial charge in [-0.3, -0.25) is 14.9 Å². The second-order valence-electron chi connectivity index (χ2n) is 8.38. The zero-order valence-electron chi connectivity index (χ0n) is 19.9. The maximum absolute atomic E-state index is 12.6. The third-order valence-electron chi connectivity index (χ3n) is 5.60. The van der Waals surface area contributed by atoms with Crippen molar-refractivity contribution in [3.63, 3.8) is 0 Å². The zero-order chi connectivity index (χ0) is 25.0. The molecule has 0 spiro atoms. The number of thiocarbonyl (C=S) groups is 1. The van der Waals surface area contributed by atoms with Gasteiger partial charge >= 0.3 is 0 Å². The first kappa shape index (κ1) is 27.1. The fourth-order valence-electron chi connectivity index (χ4n) is 3.63. The summed E-state index contributed by atoms with van der Waals surface area (Å²) in [4.78, 5) is 24.9. The second-order valence-corrected chi connectivity index (χ2v) is 9.65. The Morgan fingerprint density at radius 3 is 2.54 bits per heavy atom. The van der Waals surface area contributed by atoms with Crippen LogP contribution in [0.25, 0.3) is 0 Å². The van der Waals surface area contributed by atoms with E-state index in [-0.39, 0.29) is 23.0 Å². The fourth-order valence-corrected chi connectivity index (χ4v) is 4.33. The van der Waals surface area contributed by atoms with Crippen molar-refractivity contribution in [3.8, 4) is 5.75 Å². The third kappa shape index (κ3) is 8.91. The van der Waals surface area contributed by atoms with E-state index in [9.17, 15) is 9.59 Å². The molecule has 0 bridgehead atoms. The van der Waals surface area contributed by atoms with Crippen LogP contribution in [0, 0.1) is 0 Å². The molecule has 9 heteroatoms. The van der Waals surface area contributed by atoms with E-state index in [4.69, 9.17) is 21.7 Å².